The standard InChI is InChI=1S/C20H21Cl3N2O4S/c1-2-29-19-8-6-15(11-17(19)23)30(27,28)25-9-3-4-13(12-25)20(26)24-18-10-14(21)5-7-16(18)22/h5-8,10-11,13H,2-4,9,12H2,1H3,(H,24,26)/t13-/m0/s1. The fraction of sp³-hybridized carbons (Fsp3) is 0.350. The lowest BCUT2D eigenvalue weighted by Crippen LogP contribution is -2.43. The molecular formula is C20H21Cl3N2O4S. The van der Waals surface area contributed by atoms with Crippen LogP contribution in [0.4, 0.5) is 5.69 Å². The first-order valence-corrected chi connectivity index (χ1v) is 12.0. The van der Waals surface area contributed by atoms with Crippen LogP contribution in [0.3, 0.4) is 0 Å². The fourth-order valence-electron chi connectivity index (χ4n) is 3.27. The van der Waals surface area contributed by atoms with Crippen molar-refractivity contribution in [2.45, 2.75) is 24.7 Å². The quantitative estimate of drug-likeness (QED) is 0.611. The van der Waals surface area contributed by atoms with E-state index in [4.69, 9.17) is 39.5 Å². The van der Waals surface area contributed by atoms with Crippen molar-refractivity contribution in [3.8, 4) is 5.75 Å². The lowest BCUT2D eigenvalue weighted by atomic mass is 9.99. The molecule has 0 spiro atoms. The molecule has 0 saturated carbocycles. The Balaban J connectivity index is 1.75. The van der Waals surface area contributed by atoms with Gasteiger partial charge >= 0.3 is 0 Å². The number of carbonyl (C=O) groups is 1. The Morgan fingerprint density at radius 2 is 1.93 bits per heavy atom. The maximum Gasteiger partial charge on any atom is 0.243 e. The second-order valence-corrected chi connectivity index (χ2v) is 10.0. The van der Waals surface area contributed by atoms with Crippen LogP contribution in [0.15, 0.2) is 41.3 Å². The third-order valence-corrected chi connectivity index (χ3v) is 7.50. The second kappa shape index (κ2) is 9.75. The highest BCUT2D eigenvalue weighted by Gasteiger charge is 2.33. The number of anilines is 1. The minimum absolute atomic E-state index is 0.0647. The molecule has 3 rings (SSSR count). The minimum atomic E-state index is -3.80. The molecule has 0 radical (unpaired) electrons. The third kappa shape index (κ3) is 5.21. The molecule has 6 nitrogen and oxygen atoms in total. The third-order valence-electron chi connectivity index (χ3n) is 4.78. The van der Waals surface area contributed by atoms with Crippen LogP contribution in [-0.2, 0) is 14.8 Å². The fourth-order valence-corrected chi connectivity index (χ4v) is 5.45. The molecular weight excluding hydrogens is 471 g/mol. The summed E-state index contributed by atoms with van der Waals surface area (Å²) in [7, 11) is -3.80. The van der Waals surface area contributed by atoms with Crippen molar-refractivity contribution in [1.29, 1.82) is 0 Å². The maximum absolute atomic E-state index is 13.1. The first-order valence-electron chi connectivity index (χ1n) is 9.40. The monoisotopic (exact) mass is 490 g/mol. The summed E-state index contributed by atoms with van der Waals surface area (Å²) in [5.41, 5.74) is 0.396. The van der Waals surface area contributed by atoms with E-state index in [-0.39, 0.29) is 22.4 Å². The summed E-state index contributed by atoms with van der Waals surface area (Å²) in [5, 5.41) is 3.77. The Morgan fingerprint density at radius 1 is 1.17 bits per heavy atom. The molecule has 0 unspecified atom stereocenters. The number of hydrogen-bond donors (Lipinski definition) is 1. The van der Waals surface area contributed by atoms with Gasteiger partial charge in [0.2, 0.25) is 15.9 Å². The van der Waals surface area contributed by atoms with Gasteiger partial charge in [-0.2, -0.15) is 4.31 Å². The van der Waals surface area contributed by atoms with Gasteiger partial charge < -0.3 is 10.1 Å². The maximum atomic E-state index is 13.1. The van der Waals surface area contributed by atoms with Gasteiger partial charge in [-0.1, -0.05) is 34.8 Å². The zero-order valence-corrected chi connectivity index (χ0v) is 19.3. The molecule has 0 aliphatic carbocycles. The molecule has 2 aromatic carbocycles. The first-order chi connectivity index (χ1) is 14.2. The number of carbonyl (C=O) groups excluding carboxylic acids is 1. The molecule has 1 aliphatic rings. The lowest BCUT2D eigenvalue weighted by Gasteiger charge is -2.31. The Labute approximate surface area is 191 Å². The van der Waals surface area contributed by atoms with Crippen LogP contribution < -0.4 is 10.1 Å². The highest BCUT2D eigenvalue weighted by atomic mass is 35.5. The molecule has 0 bridgehead atoms. The van der Waals surface area contributed by atoms with Crippen LogP contribution in [0.25, 0.3) is 0 Å². The molecule has 10 heteroatoms. The summed E-state index contributed by atoms with van der Waals surface area (Å²) in [6.45, 7) is 2.63. The number of rotatable bonds is 6. The van der Waals surface area contributed by atoms with Crippen molar-refractivity contribution in [3.05, 3.63) is 51.5 Å². The average Bonchev–Trinajstić information content (AvgIpc) is 2.72. The number of amides is 1. The van der Waals surface area contributed by atoms with Crippen LogP contribution >= 0.6 is 34.8 Å². The molecule has 1 N–H and O–H groups in total. The molecule has 1 heterocycles. The van der Waals surface area contributed by atoms with Crippen molar-refractivity contribution >= 4 is 56.4 Å². The van der Waals surface area contributed by atoms with Crippen molar-refractivity contribution < 1.29 is 17.9 Å². The van der Waals surface area contributed by atoms with Crippen LogP contribution in [0.2, 0.25) is 15.1 Å². The van der Waals surface area contributed by atoms with Crippen LogP contribution in [0, 0.1) is 5.92 Å². The van der Waals surface area contributed by atoms with Gasteiger partial charge in [0, 0.05) is 18.1 Å². The summed E-state index contributed by atoms with van der Waals surface area (Å²) >= 11 is 18.2. The highest BCUT2D eigenvalue weighted by molar-refractivity contribution is 7.89. The van der Waals surface area contributed by atoms with E-state index in [1.807, 2.05) is 6.92 Å². The minimum Gasteiger partial charge on any atom is -0.492 e. The zero-order valence-electron chi connectivity index (χ0n) is 16.2. The van der Waals surface area contributed by atoms with E-state index in [9.17, 15) is 13.2 Å². The predicted molar refractivity (Wildman–Crippen MR) is 119 cm³/mol. The molecule has 1 atom stereocenters. The van der Waals surface area contributed by atoms with Crippen molar-refractivity contribution in [2.75, 3.05) is 25.0 Å². The molecule has 162 valence electrons. The normalized spacial score (nSPS) is 17.5. The molecule has 1 saturated heterocycles. The number of sulfonamides is 1. The lowest BCUT2D eigenvalue weighted by molar-refractivity contribution is -0.120. The van der Waals surface area contributed by atoms with E-state index in [2.05, 4.69) is 5.32 Å². The van der Waals surface area contributed by atoms with Crippen LogP contribution in [-0.4, -0.2) is 38.3 Å². The average molecular weight is 492 g/mol. The van der Waals surface area contributed by atoms with Gasteiger partial charge in [-0.15, -0.1) is 0 Å². The van der Waals surface area contributed by atoms with Gasteiger partial charge in [0.05, 0.1) is 33.2 Å². The molecule has 30 heavy (non-hydrogen) atoms. The van der Waals surface area contributed by atoms with E-state index in [0.29, 0.717) is 47.5 Å². The Bertz CT molecular complexity index is 1050. The second-order valence-electron chi connectivity index (χ2n) is 6.84. The molecule has 1 aliphatic heterocycles. The highest BCUT2D eigenvalue weighted by Crippen LogP contribution is 2.31. The van der Waals surface area contributed by atoms with Gasteiger partial charge in [0.25, 0.3) is 0 Å². The number of benzene rings is 2. The summed E-state index contributed by atoms with van der Waals surface area (Å²) < 4.78 is 32.9. The number of piperidine rings is 1. The number of halogens is 3. The van der Waals surface area contributed by atoms with Crippen molar-refractivity contribution in [1.82, 2.24) is 4.31 Å². The van der Waals surface area contributed by atoms with Crippen molar-refractivity contribution in [3.63, 3.8) is 0 Å². The van der Waals surface area contributed by atoms with Gasteiger partial charge in [0.1, 0.15) is 5.75 Å². The number of nitrogens with zero attached hydrogens (tertiary/aromatic N) is 1. The van der Waals surface area contributed by atoms with E-state index >= 15 is 0 Å². The number of nitrogens with one attached hydrogen (secondary N) is 1. The van der Waals surface area contributed by atoms with Crippen LogP contribution in [0.1, 0.15) is 19.8 Å². The Morgan fingerprint density at radius 3 is 2.63 bits per heavy atom. The molecule has 0 aromatic heterocycles. The predicted octanol–water partition coefficient (Wildman–Crippen LogP) is 5.08. The van der Waals surface area contributed by atoms with Gasteiger partial charge in [-0.05, 0) is 56.2 Å². The van der Waals surface area contributed by atoms with Gasteiger partial charge in [-0.3, -0.25) is 4.79 Å². The number of hydrogen-bond acceptors (Lipinski definition) is 4. The largest absolute Gasteiger partial charge is 0.492 e. The van der Waals surface area contributed by atoms with E-state index in [1.54, 1.807) is 18.2 Å². The summed E-state index contributed by atoms with van der Waals surface area (Å²) in [4.78, 5) is 12.8. The summed E-state index contributed by atoms with van der Waals surface area (Å²) in [6.07, 6.45) is 1.13. The Kier molecular flexibility index (Phi) is 7.52. The van der Waals surface area contributed by atoms with Crippen LogP contribution in [0.5, 0.6) is 5.75 Å². The number of ether oxygens (including phenoxy) is 1. The summed E-state index contributed by atoms with van der Waals surface area (Å²) in [6, 6.07) is 9.14. The molecule has 1 fully saturated rings. The van der Waals surface area contributed by atoms with Gasteiger partial charge in [-0.25, -0.2) is 8.42 Å². The van der Waals surface area contributed by atoms with Gasteiger partial charge in [0.15, 0.2) is 0 Å². The SMILES string of the molecule is CCOc1ccc(S(=O)(=O)N2CCC[C@H](C(=O)Nc3cc(Cl)ccc3Cl)C2)cc1Cl. The first kappa shape index (κ1) is 23.2. The van der Waals surface area contributed by atoms with E-state index < -0.39 is 15.9 Å². The Hall–Kier alpha value is -1.51. The smallest absolute Gasteiger partial charge is 0.243 e. The topological polar surface area (TPSA) is 75.7 Å². The van der Waals surface area contributed by atoms with E-state index in [0.717, 1.165) is 0 Å². The summed E-state index contributed by atoms with van der Waals surface area (Å²) in [5.74, 6) is -0.391. The zero-order chi connectivity index (χ0) is 21.9. The molecule has 1 amide bonds. The van der Waals surface area contributed by atoms with E-state index in [1.165, 1.54) is 22.5 Å². The molecule has 2 aromatic rings. The van der Waals surface area contributed by atoms with Crippen molar-refractivity contribution in [2.24, 2.45) is 5.92 Å².